The molecule has 0 radical (unpaired) electrons. The smallest absolute Gasteiger partial charge is 0.224 e. The summed E-state index contributed by atoms with van der Waals surface area (Å²) in [6.45, 7) is 3.13. The van der Waals surface area contributed by atoms with Crippen LogP contribution in [-0.2, 0) is 17.6 Å². The minimum Gasteiger partial charge on any atom is -0.494 e. The molecule has 1 aromatic carbocycles. The van der Waals surface area contributed by atoms with Gasteiger partial charge in [0.15, 0.2) is 0 Å². The SMILES string of the molecule is CCOc1ccc(CC(=O)NCCc2cn3cc(Cl)ccc3n2)cc1. The van der Waals surface area contributed by atoms with Crippen LogP contribution in [-0.4, -0.2) is 28.4 Å². The molecule has 3 rings (SSSR count). The van der Waals surface area contributed by atoms with Crippen LogP contribution in [0.5, 0.6) is 5.75 Å². The van der Waals surface area contributed by atoms with Crippen LogP contribution in [0.4, 0.5) is 0 Å². The molecule has 2 aromatic heterocycles. The molecule has 0 saturated heterocycles. The highest BCUT2D eigenvalue weighted by atomic mass is 35.5. The van der Waals surface area contributed by atoms with E-state index in [1.807, 2.05) is 60.1 Å². The van der Waals surface area contributed by atoms with Gasteiger partial charge in [-0.05, 0) is 36.8 Å². The number of nitrogens with zero attached hydrogens (tertiary/aromatic N) is 2. The van der Waals surface area contributed by atoms with Crippen LogP contribution in [0.2, 0.25) is 5.02 Å². The van der Waals surface area contributed by atoms with Gasteiger partial charge < -0.3 is 14.5 Å². The van der Waals surface area contributed by atoms with E-state index in [2.05, 4.69) is 10.3 Å². The molecule has 5 nitrogen and oxygen atoms in total. The lowest BCUT2D eigenvalue weighted by Crippen LogP contribution is -2.27. The fourth-order valence-corrected chi connectivity index (χ4v) is 2.75. The third kappa shape index (κ3) is 4.73. The normalized spacial score (nSPS) is 10.8. The average molecular weight is 358 g/mol. The van der Waals surface area contributed by atoms with Crippen molar-refractivity contribution in [2.24, 2.45) is 0 Å². The average Bonchev–Trinajstić information content (AvgIpc) is 2.98. The van der Waals surface area contributed by atoms with Crippen molar-refractivity contribution in [2.75, 3.05) is 13.2 Å². The molecule has 3 aromatic rings. The number of rotatable bonds is 7. The number of amides is 1. The van der Waals surface area contributed by atoms with Gasteiger partial charge in [0.2, 0.25) is 5.91 Å². The Morgan fingerprint density at radius 3 is 2.76 bits per heavy atom. The number of nitrogens with one attached hydrogen (secondary N) is 1. The molecule has 0 bridgehead atoms. The zero-order chi connectivity index (χ0) is 17.6. The van der Waals surface area contributed by atoms with Crippen molar-refractivity contribution in [3.8, 4) is 5.75 Å². The number of benzene rings is 1. The molecule has 130 valence electrons. The van der Waals surface area contributed by atoms with Crippen molar-refractivity contribution in [1.82, 2.24) is 14.7 Å². The zero-order valence-corrected chi connectivity index (χ0v) is 14.8. The summed E-state index contributed by atoms with van der Waals surface area (Å²) in [5.74, 6) is 0.814. The van der Waals surface area contributed by atoms with Gasteiger partial charge in [-0.2, -0.15) is 0 Å². The number of ether oxygens (including phenoxy) is 1. The monoisotopic (exact) mass is 357 g/mol. The first-order valence-electron chi connectivity index (χ1n) is 8.25. The molecule has 0 saturated carbocycles. The maximum Gasteiger partial charge on any atom is 0.224 e. The topological polar surface area (TPSA) is 55.6 Å². The maximum absolute atomic E-state index is 12.0. The number of carbonyl (C=O) groups excluding carboxylic acids is 1. The molecule has 0 atom stereocenters. The fourth-order valence-electron chi connectivity index (χ4n) is 2.59. The van der Waals surface area contributed by atoms with E-state index in [9.17, 15) is 4.79 Å². The highest BCUT2D eigenvalue weighted by Gasteiger charge is 2.06. The van der Waals surface area contributed by atoms with Crippen LogP contribution < -0.4 is 10.1 Å². The number of carbonyl (C=O) groups is 1. The van der Waals surface area contributed by atoms with E-state index in [4.69, 9.17) is 16.3 Å². The van der Waals surface area contributed by atoms with Crippen LogP contribution in [0.1, 0.15) is 18.2 Å². The number of hydrogen-bond donors (Lipinski definition) is 1. The number of hydrogen-bond acceptors (Lipinski definition) is 3. The number of pyridine rings is 1. The van der Waals surface area contributed by atoms with Crippen molar-refractivity contribution in [2.45, 2.75) is 19.8 Å². The number of halogens is 1. The van der Waals surface area contributed by atoms with Crippen LogP contribution in [0.3, 0.4) is 0 Å². The van der Waals surface area contributed by atoms with Gasteiger partial charge in [-0.3, -0.25) is 4.79 Å². The van der Waals surface area contributed by atoms with Crippen LogP contribution in [0, 0.1) is 0 Å². The number of fused-ring (bicyclic) bond motifs is 1. The molecule has 0 spiro atoms. The molecule has 6 heteroatoms. The third-order valence-corrected chi connectivity index (χ3v) is 3.99. The predicted octanol–water partition coefficient (Wildman–Crippen LogP) is 3.29. The molecule has 2 heterocycles. The van der Waals surface area contributed by atoms with E-state index in [0.29, 0.717) is 31.0 Å². The lowest BCUT2D eigenvalue weighted by atomic mass is 10.1. The van der Waals surface area contributed by atoms with Crippen LogP contribution in [0.15, 0.2) is 48.8 Å². The lowest BCUT2D eigenvalue weighted by molar-refractivity contribution is -0.120. The Kier molecular flexibility index (Phi) is 5.56. The van der Waals surface area contributed by atoms with Gasteiger partial charge in [0.05, 0.1) is 23.7 Å². The molecule has 1 amide bonds. The molecule has 0 aliphatic heterocycles. The second-order valence-corrected chi connectivity index (χ2v) is 6.14. The van der Waals surface area contributed by atoms with Gasteiger partial charge in [0.25, 0.3) is 0 Å². The predicted molar refractivity (Wildman–Crippen MR) is 98.2 cm³/mol. The Bertz CT molecular complexity index is 859. The quantitative estimate of drug-likeness (QED) is 0.706. The van der Waals surface area contributed by atoms with Crippen LogP contribution in [0.25, 0.3) is 5.65 Å². The first-order chi connectivity index (χ1) is 12.1. The van der Waals surface area contributed by atoms with Gasteiger partial charge >= 0.3 is 0 Å². The van der Waals surface area contributed by atoms with E-state index in [1.165, 1.54) is 0 Å². The van der Waals surface area contributed by atoms with Gasteiger partial charge in [-0.1, -0.05) is 23.7 Å². The summed E-state index contributed by atoms with van der Waals surface area (Å²) >= 11 is 5.96. The largest absolute Gasteiger partial charge is 0.494 e. The Balaban J connectivity index is 1.48. The molecule has 0 fully saturated rings. The summed E-state index contributed by atoms with van der Waals surface area (Å²) in [6.07, 6.45) is 4.78. The standard InChI is InChI=1S/C19H20ClN3O2/c1-2-25-17-6-3-14(4-7-17)11-19(24)21-10-9-16-13-23-12-15(20)5-8-18(23)22-16/h3-8,12-13H,2,9-11H2,1H3,(H,21,24). The van der Waals surface area contributed by atoms with Crippen molar-refractivity contribution < 1.29 is 9.53 Å². The van der Waals surface area contributed by atoms with Crippen molar-refractivity contribution in [3.63, 3.8) is 0 Å². The summed E-state index contributed by atoms with van der Waals surface area (Å²) < 4.78 is 7.28. The second kappa shape index (κ2) is 8.03. The minimum atomic E-state index is -0.00373. The lowest BCUT2D eigenvalue weighted by Gasteiger charge is -2.06. The molecule has 0 unspecified atom stereocenters. The molecule has 0 aliphatic carbocycles. The van der Waals surface area contributed by atoms with E-state index in [1.54, 1.807) is 0 Å². The Hall–Kier alpha value is -2.53. The number of imidazole rings is 1. The number of aromatic nitrogens is 2. The molecule has 1 N–H and O–H groups in total. The minimum absolute atomic E-state index is 0.00373. The molecule has 25 heavy (non-hydrogen) atoms. The third-order valence-electron chi connectivity index (χ3n) is 3.77. The summed E-state index contributed by atoms with van der Waals surface area (Å²) in [7, 11) is 0. The highest BCUT2D eigenvalue weighted by molar-refractivity contribution is 6.30. The van der Waals surface area contributed by atoms with Gasteiger partial charge in [-0.25, -0.2) is 4.98 Å². The first-order valence-corrected chi connectivity index (χ1v) is 8.63. The fraction of sp³-hybridized carbons (Fsp3) is 0.263. The van der Waals surface area contributed by atoms with Crippen molar-refractivity contribution >= 4 is 23.2 Å². The van der Waals surface area contributed by atoms with E-state index < -0.39 is 0 Å². The Morgan fingerprint density at radius 1 is 1.20 bits per heavy atom. The van der Waals surface area contributed by atoms with Crippen molar-refractivity contribution in [1.29, 1.82) is 0 Å². The Morgan fingerprint density at radius 2 is 2.00 bits per heavy atom. The molecular formula is C19H20ClN3O2. The Labute approximate surface area is 151 Å². The second-order valence-electron chi connectivity index (χ2n) is 5.70. The van der Waals surface area contributed by atoms with E-state index >= 15 is 0 Å². The van der Waals surface area contributed by atoms with Crippen molar-refractivity contribution in [3.05, 3.63) is 65.1 Å². The van der Waals surface area contributed by atoms with Gasteiger partial charge in [-0.15, -0.1) is 0 Å². The molecule has 0 aliphatic rings. The first kappa shape index (κ1) is 17.3. The summed E-state index contributed by atoms with van der Waals surface area (Å²) in [5.41, 5.74) is 2.73. The highest BCUT2D eigenvalue weighted by Crippen LogP contribution is 2.13. The van der Waals surface area contributed by atoms with Gasteiger partial charge in [0.1, 0.15) is 11.4 Å². The summed E-state index contributed by atoms with van der Waals surface area (Å²) in [6, 6.07) is 11.3. The zero-order valence-electron chi connectivity index (χ0n) is 14.0. The van der Waals surface area contributed by atoms with Gasteiger partial charge in [0, 0.05) is 25.4 Å². The van der Waals surface area contributed by atoms with E-state index in [-0.39, 0.29) is 5.91 Å². The van der Waals surface area contributed by atoms with Crippen LogP contribution >= 0.6 is 11.6 Å². The molecular weight excluding hydrogens is 338 g/mol. The summed E-state index contributed by atoms with van der Waals surface area (Å²) in [4.78, 5) is 16.5. The maximum atomic E-state index is 12.0. The summed E-state index contributed by atoms with van der Waals surface area (Å²) in [5, 5.41) is 3.60. The van der Waals surface area contributed by atoms with E-state index in [0.717, 1.165) is 22.7 Å².